The van der Waals surface area contributed by atoms with Crippen LogP contribution in [0.3, 0.4) is 0 Å². The molecule has 0 aromatic heterocycles. The Morgan fingerprint density at radius 3 is 2.06 bits per heavy atom. The van der Waals surface area contributed by atoms with E-state index in [0.29, 0.717) is 12.0 Å². The van der Waals surface area contributed by atoms with E-state index in [4.69, 9.17) is 0 Å². The summed E-state index contributed by atoms with van der Waals surface area (Å²) in [5.41, 5.74) is 0.386. The lowest BCUT2D eigenvalue weighted by Crippen LogP contribution is -2.47. The van der Waals surface area contributed by atoms with Crippen molar-refractivity contribution >= 4 is 0 Å². The normalized spacial score (nSPS) is 18.8. The molecule has 6 heteroatoms. The summed E-state index contributed by atoms with van der Waals surface area (Å²) in [6, 6.07) is 0. The fourth-order valence-corrected chi connectivity index (χ4v) is 1.97. The minimum absolute atomic E-state index is 0.176. The second-order valence-electron chi connectivity index (χ2n) is 6.05. The van der Waals surface area contributed by atoms with Gasteiger partial charge in [-0.15, -0.1) is 10.1 Å². The molecule has 0 aromatic carbocycles. The Labute approximate surface area is 109 Å². The lowest BCUT2D eigenvalue weighted by molar-refractivity contribution is -0.757. The van der Waals surface area contributed by atoms with Gasteiger partial charge in [-0.2, -0.15) is 0 Å². The summed E-state index contributed by atoms with van der Waals surface area (Å²) in [5.74, 6) is 0. The van der Waals surface area contributed by atoms with Gasteiger partial charge in [-0.1, -0.05) is 20.8 Å². The Bertz CT molecular complexity index is 258. The van der Waals surface area contributed by atoms with Crippen molar-refractivity contribution in [2.24, 2.45) is 5.41 Å². The minimum Gasteiger partial charge on any atom is -0.313 e. The molecular formula is C12H25N3O3. The van der Waals surface area contributed by atoms with Crippen LogP contribution in [0.2, 0.25) is 0 Å². The Hall–Kier alpha value is -0.880. The molecule has 1 heterocycles. The van der Waals surface area contributed by atoms with Crippen LogP contribution in [0.4, 0.5) is 0 Å². The molecule has 0 aliphatic carbocycles. The highest BCUT2D eigenvalue weighted by molar-refractivity contribution is 4.73. The zero-order valence-electron chi connectivity index (χ0n) is 11.7. The van der Waals surface area contributed by atoms with Gasteiger partial charge in [0.2, 0.25) is 0 Å². The molecule has 18 heavy (non-hydrogen) atoms. The third-order valence-corrected chi connectivity index (χ3v) is 3.25. The summed E-state index contributed by atoms with van der Waals surface area (Å²) in [6.45, 7) is 12.8. The van der Waals surface area contributed by atoms with E-state index >= 15 is 0 Å². The second kappa shape index (κ2) is 6.89. The van der Waals surface area contributed by atoms with E-state index in [9.17, 15) is 10.1 Å². The van der Waals surface area contributed by atoms with Crippen LogP contribution in [-0.2, 0) is 4.84 Å². The van der Waals surface area contributed by atoms with Crippen molar-refractivity contribution in [3.63, 3.8) is 0 Å². The van der Waals surface area contributed by atoms with Gasteiger partial charge in [-0.25, -0.2) is 0 Å². The molecule has 1 saturated heterocycles. The SMILES string of the molecule is CC(C)(C)CCN1CCN(CCO[N+](=O)[O-])CC1. The molecule has 0 amide bonds. The first-order valence-electron chi connectivity index (χ1n) is 6.59. The molecule has 0 radical (unpaired) electrons. The summed E-state index contributed by atoms with van der Waals surface area (Å²) in [4.78, 5) is 19.0. The highest BCUT2D eigenvalue weighted by atomic mass is 16.9. The van der Waals surface area contributed by atoms with Gasteiger partial charge in [-0.3, -0.25) is 4.90 Å². The summed E-state index contributed by atoms with van der Waals surface area (Å²) in [6.07, 6.45) is 1.21. The Morgan fingerprint density at radius 1 is 1.11 bits per heavy atom. The molecule has 0 bridgehead atoms. The van der Waals surface area contributed by atoms with Gasteiger partial charge in [0.1, 0.15) is 6.61 Å². The van der Waals surface area contributed by atoms with Gasteiger partial charge in [-0.05, 0) is 18.4 Å². The topological polar surface area (TPSA) is 58.8 Å². The van der Waals surface area contributed by atoms with Crippen LogP contribution < -0.4 is 0 Å². The molecule has 1 fully saturated rings. The van der Waals surface area contributed by atoms with Gasteiger partial charge < -0.3 is 9.74 Å². The fraction of sp³-hybridized carbons (Fsp3) is 1.00. The molecule has 0 atom stereocenters. The summed E-state index contributed by atoms with van der Waals surface area (Å²) in [5, 5.41) is 9.31. The molecule has 1 rings (SSSR count). The third kappa shape index (κ3) is 6.76. The van der Waals surface area contributed by atoms with Crippen LogP contribution in [0.5, 0.6) is 0 Å². The molecule has 0 unspecified atom stereocenters. The lowest BCUT2D eigenvalue weighted by Gasteiger charge is -2.35. The van der Waals surface area contributed by atoms with Crippen LogP contribution in [0.15, 0.2) is 0 Å². The predicted octanol–water partition coefficient (Wildman–Crippen LogP) is 1.25. The molecule has 1 aliphatic rings. The van der Waals surface area contributed by atoms with E-state index in [1.165, 1.54) is 6.42 Å². The molecule has 6 nitrogen and oxygen atoms in total. The Morgan fingerprint density at radius 2 is 1.61 bits per heavy atom. The zero-order chi connectivity index (χ0) is 13.6. The minimum atomic E-state index is -0.723. The first-order chi connectivity index (χ1) is 8.37. The Kier molecular flexibility index (Phi) is 5.81. The van der Waals surface area contributed by atoms with Gasteiger partial charge in [0.15, 0.2) is 0 Å². The molecule has 106 valence electrons. The lowest BCUT2D eigenvalue weighted by atomic mass is 9.92. The van der Waals surface area contributed by atoms with Crippen molar-refractivity contribution < 1.29 is 9.92 Å². The summed E-state index contributed by atoms with van der Waals surface area (Å²) >= 11 is 0. The fourth-order valence-electron chi connectivity index (χ4n) is 1.97. The van der Waals surface area contributed by atoms with Crippen molar-refractivity contribution in [1.29, 1.82) is 0 Å². The summed E-state index contributed by atoms with van der Waals surface area (Å²) < 4.78 is 0. The molecule has 0 aromatic rings. The van der Waals surface area contributed by atoms with E-state index in [2.05, 4.69) is 35.4 Å². The highest BCUT2D eigenvalue weighted by Crippen LogP contribution is 2.19. The first kappa shape index (κ1) is 15.2. The van der Waals surface area contributed by atoms with Crippen LogP contribution in [0.25, 0.3) is 0 Å². The maximum absolute atomic E-state index is 10.0. The van der Waals surface area contributed by atoms with E-state index in [0.717, 1.165) is 32.7 Å². The van der Waals surface area contributed by atoms with Gasteiger partial charge in [0, 0.05) is 32.7 Å². The van der Waals surface area contributed by atoms with Crippen LogP contribution in [0, 0.1) is 15.5 Å². The number of piperazine rings is 1. The van der Waals surface area contributed by atoms with E-state index < -0.39 is 5.09 Å². The molecule has 0 saturated carbocycles. The number of nitrogens with zero attached hydrogens (tertiary/aromatic N) is 3. The standard InChI is InChI=1S/C12H25N3O3/c1-12(2,3)4-5-13-6-8-14(9-7-13)10-11-18-15(16)17/h4-11H2,1-3H3. The van der Waals surface area contributed by atoms with Crippen LogP contribution in [-0.4, -0.2) is 60.8 Å². The van der Waals surface area contributed by atoms with E-state index in [1.54, 1.807) is 0 Å². The highest BCUT2D eigenvalue weighted by Gasteiger charge is 2.18. The van der Waals surface area contributed by atoms with E-state index in [-0.39, 0.29) is 6.61 Å². The molecular weight excluding hydrogens is 234 g/mol. The van der Waals surface area contributed by atoms with Gasteiger partial charge in [0.05, 0.1) is 0 Å². The molecule has 0 spiro atoms. The second-order valence-corrected chi connectivity index (χ2v) is 6.05. The molecule has 0 N–H and O–H groups in total. The van der Waals surface area contributed by atoms with Gasteiger partial charge >= 0.3 is 0 Å². The van der Waals surface area contributed by atoms with Crippen molar-refractivity contribution in [3.05, 3.63) is 10.1 Å². The van der Waals surface area contributed by atoms with Crippen LogP contribution in [0.1, 0.15) is 27.2 Å². The number of hydrogen-bond acceptors (Lipinski definition) is 5. The number of rotatable bonds is 6. The van der Waals surface area contributed by atoms with Crippen molar-refractivity contribution in [2.45, 2.75) is 27.2 Å². The first-order valence-corrected chi connectivity index (χ1v) is 6.59. The van der Waals surface area contributed by atoms with Gasteiger partial charge in [0.25, 0.3) is 5.09 Å². The maximum atomic E-state index is 10.0. The average molecular weight is 259 g/mol. The molecule has 1 aliphatic heterocycles. The van der Waals surface area contributed by atoms with Crippen LogP contribution >= 0.6 is 0 Å². The monoisotopic (exact) mass is 259 g/mol. The maximum Gasteiger partial charge on any atom is 0.294 e. The van der Waals surface area contributed by atoms with E-state index in [1.807, 2.05) is 0 Å². The average Bonchev–Trinajstić information content (AvgIpc) is 2.26. The van der Waals surface area contributed by atoms with Crippen molar-refractivity contribution in [1.82, 2.24) is 9.80 Å². The quantitative estimate of drug-likeness (QED) is 0.531. The third-order valence-electron chi connectivity index (χ3n) is 3.25. The summed E-state index contributed by atoms with van der Waals surface area (Å²) in [7, 11) is 0. The van der Waals surface area contributed by atoms with Crippen molar-refractivity contribution in [3.8, 4) is 0 Å². The Balaban J connectivity index is 2.11. The predicted molar refractivity (Wildman–Crippen MR) is 69.9 cm³/mol. The van der Waals surface area contributed by atoms with Crippen molar-refractivity contribution in [2.75, 3.05) is 45.9 Å². The largest absolute Gasteiger partial charge is 0.313 e. The smallest absolute Gasteiger partial charge is 0.294 e. The zero-order valence-corrected chi connectivity index (χ0v) is 11.7. The number of hydrogen-bond donors (Lipinski definition) is 0.